The van der Waals surface area contributed by atoms with Gasteiger partial charge in [0.25, 0.3) is 11.6 Å². The molecule has 0 bridgehead atoms. The lowest BCUT2D eigenvalue weighted by atomic mass is 10.1. The number of non-ortho nitro benzene ring substituents is 1. The van der Waals surface area contributed by atoms with Gasteiger partial charge >= 0.3 is 0 Å². The Balaban J connectivity index is 2.43. The predicted molar refractivity (Wildman–Crippen MR) is 80.5 cm³/mol. The van der Waals surface area contributed by atoms with E-state index in [1.54, 1.807) is 6.07 Å². The molecular formula is C14H20N4O3. The summed E-state index contributed by atoms with van der Waals surface area (Å²) in [5.74, 6) is -0.638. The lowest BCUT2D eigenvalue weighted by Crippen LogP contribution is -2.38. The Morgan fingerprint density at radius 2 is 2.33 bits per heavy atom. The van der Waals surface area contributed by atoms with E-state index in [9.17, 15) is 14.9 Å². The van der Waals surface area contributed by atoms with Crippen molar-refractivity contribution in [2.75, 3.05) is 24.5 Å². The molecule has 0 aliphatic carbocycles. The van der Waals surface area contributed by atoms with E-state index in [0.29, 0.717) is 5.69 Å². The van der Waals surface area contributed by atoms with E-state index in [1.165, 1.54) is 12.1 Å². The lowest BCUT2D eigenvalue weighted by Gasteiger charge is -2.31. The second kappa shape index (κ2) is 6.53. The van der Waals surface area contributed by atoms with Crippen LogP contribution in [-0.2, 0) is 0 Å². The Morgan fingerprint density at radius 1 is 1.57 bits per heavy atom. The number of nitrogens with one attached hydrogen (secondary N) is 1. The molecule has 21 heavy (non-hydrogen) atoms. The Morgan fingerprint density at radius 3 is 2.86 bits per heavy atom. The molecule has 3 N–H and O–H groups in total. The van der Waals surface area contributed by atoms with Crippen LogP contribution in [0.5, 0.6) is 0 Å². The van der Waals surface area contributed by atoms with Crippen LogP contribution in [0.2, 0.25) is 0 Å². The van der Waals surface area contributed by atoms with Crippen LogP contribution in [0, 0.1) is 10.1 Å². The minimum atomic E-state index is -0.638. The maximum atomic E-state index is 11.7. The highest BCUT2D eigenvalue weighted by Crippen LogP contribution is 2.28. The molecule has 1 atom stereocenters. The van der Waals surface area contributed by atoms with Crippen molar-refractivity contribution in [1.82, 2.24) is 5.32 Å². The Bertz CT molecular complexity index is 541. The number of primary amides is 1. The highest BCUT2D eigenvalue weighted by molar-refractivity contribution is 5.99. The summed E-state index contributed by atoms with van der Waals surface area (Å²) in [4.78, 5) is 24.2. The largest absolute Gasteiger partial charge is 0.367 e. The first-order valence-electron chi connectivity index (χ1n) is 7.10. The zero-order chi connectivity index (χ0) is 15.4. The smallest absolute Gasteiger partial charge is 0.270 e. The van der Waals surface area contributed by atoms with Gasteiger partial charge in [0.05, 0.1) is 16.2 Å². The van der Waals surface area contributed by atoms with Crippen molar-refractivity contribution >= 4 is 17.3 Å². The average molecular weight is 292 g/mol. The summed E-state index contributed by atoms with van der Waals surface area (Å²) in [7, 11) is 0. The van der Waals surface area contributed by atoms with E-state index < -0.39 is 10.8 Å². The monoisotopic (exact) mass is 292 g/mol. The van der Waals surface area contributed by atoms with Gasteiger partial charge in [0.2, 0.25) is 0 Å². The third-order valence-corrected chi connectivity index (χ3v) is 3.71. The highest BCUT2D eigenvalue weighted by atomic mass is 16.6. The van der Waals surface area contributed by atoms with E-state index in [1.807, 2.05) is 0 Å². The molecule has 2 rings (SSSR count). The molecule has 7 heteroatoms. The van der Waals surface area contributed by atoms with Crippen LogP contribution in [-0.4, -0.2) is 36.5 Å². The van der Waals surface area contributed by atoms with Gasteiger partial charge in [0.1, 0.15) is 0 Å². The average Bonchev–Trinajstić information content (AvgIpc) is 2.98. The fourth-order valence-corrected chi connectivity index (χ4v) is 2.73. The van der Waals surface area contributed by atoms with Gasteiger partial charge in [-0.2, -0.15) is 0 Å². The molecule has 0 saturated carbocycles. The van der Waals surface area contributed by atoms with E-state index in [4.69, 9.17) is 5.73 Å². The van der Waals surface area contributed by atoms with Gasteiger partial charge in [-0.05, 0) is 25.5 Å². The molecule has 1 aliphatic heterocycles. The van der Waals surface area contributed by atoms with Gasteiger partial charge in [-0.3, -0.25) is 14.9 Å². The number of nitrogens with two attached hydrogens (primary N) is 1. The summed E-state index contributed by atoms with van der Waals surface area (Å²) in [6, 6.07) is 4.60. The maximum Gasteiger partial charge on any atom is 0.270 e. The summed E-state index contributed by atoms with van der Waals surface area (Å²) in [6.07, 6.45) is 1.90. The maximum absolute atomic E-state index is 11.7. The number of rotatable bonds is 6. The molecule has 1 fully saturated rings. The van der Waals surface area contributed by atoms with E-state index in [2.05, 4.69) is 17.1 Å². The summed E-state index contributed by atoms with van der Waals surface area (Å²) in [5.41, 5.74) is 6.19. The van der Waals surface area contributed by atoms with Gasteiger partial charge < -0.3 is 16.0 Å². The quantitative estimate of drug-likeness (QED) is 0.607. The van der Waals surface area contributed by atoms with E-state index in [0.717, 1.165) is 32.5 Å². The van der Waals surface area contributed by atoms with Crippen LogP contribution >= 0.6 is 0 Å². The summed E-state index contributed by atoms with van der Waals surface area (Å²) in [5, 5.41) is 14.2. The number of nitro benzene ring substituents is 1. The summed E-state index contributed by atoms with van der Waals surface area (Å²) >= 11 is 0. The molecule has 114 valence electrons. The van der Waals surface area contributed by atoms with Gasteiger partial charge in [-0.25, -0.2) is 0 Å². The minimum Gasteiger partial charge on any atom is -0.367 e. The molecule has 1 aromatic carbocycles. The lowest BCUT2D eigenvalue weighted by molar-refractivity contribution is -0.384. The molecule has 1 unspecified atom stereocenters. The third kappa shape index (κ3) is 3.30. The number of benzene rings is 1. The van der Waals surface area contributed by atoms with E-state index in [-0.39, 0.29) is 17.3 Å². The van der Waals surface area contributed by atoms with Gasteiger partial charge in [0, 0.05) is 31.3 Å². The predicted octanol–water partition coefficient (Wildman–Crippen LogP) is 1.27. The van der Waals surface area contributed by atoms with Crippen LogP contribution in [0.4, 0.5) is 11.4 Å². The zero-order valence-electron chi connectivity index (χ0n) is 12.0. The standard InChI is InChI=1S/C14H20N4O3/c1-2-7-17(11-5-6-16-9-11)13-4-3-10(18(20)21)8-12(13)14(15)19/h3-4,8,11,16H,2,5-7,9H2,1H3,(H2,15,19). The Hall–Kier alpha value is -2.15. The second-order valence-electron chi connectivity index (χ2n) is 5.16. The first-order chi connectivity index (χ1) is 10.0. The first-order valence-corrected chi connectivity index (χ1v) is 7.10. The first kappa shape index (κ1) is 15.2. The number of nitrogens with zero attached hydrogens (tertiary/aromatic N) is 2. The van der Waals surface area contributed by atoms with Gasteiger partial charge in [-0.1, -0.05) is 6.92 Å². The minimum absolute atomic E-state index is 0.117. The van der Waals surface area contributed by atoms with Crippen molar-refractivity contribution < 1.29 is 9.72 Å². The normalized spacial score (nSPS) is 17.7. The zero-order valence-corrected chi connectivity index (χ0v) is 12.0. The van der Waals surface area contributed by atoms with Crippen molar-refractivity contribution in [3.8, 4) is 0 Å². The molecule has 0 aromatic heterocycles. The highest BCUT2D eigenvalue weighted by Gasteiger charge is 2.26. The molecule has 0 radical (unpaired) electrons. The number of carbonyl (C=O) groups is 1. The molecule has 1 aliphatic rings. The molecular weight excluding hydrogens is 272 g/mol. The molecule has 1 aromatic rings. The topological polar surface area (TPSA) is 102 Å². The number of hydrogen-bond acceptors (Lipinski definition) is 5. The Labute approximate surface area is 123 Å². The van der Waals surface area contributed by atoms with Crippen molar-refractivity contribution in [1.29, 1.82) is 0 Å². The van der Waals surface area contributed by atoms with Crippen LogP contribution in [0.1, 0.15) is 30.1 Å². The summed E-state index contributed by atoms with van der Waals surface area (Å²) < 4.78 is 0. The summed E-state index contributed by atoms with van der Waals surface area (Å²) in [6.45, 7) is 4.62. The van der Waals surface area contributed by atoms with Crippen molar-refractivity contribution in [2.45, 2.75) is 25.8 Å². The van der Waals surface area contributed by atoms with Crippen LogP contribution in [0.25, 0.3) is 0 Å². The van der Waals surface area contributed by atoms with Gasteiger partial charge in [0.15, 0.2) is 0 Å². The third-order valence-electron chi connectivity index (χ3n) is 3.71. The van der Waals surface area contributed by atoms with Crippen LogP contribution < -0.4 is 16.0 Å². The second-order valence-corrected chi connectivity index (χ2v) is 5.16. The molecule has 1 saturated heterocycles. The van der Waals surface area contributed by atoms with Crippen LogP contribution in [0.3, 0.4) is 0 Å². The SMILES string of the molecule is CCCN(c1ccc([N+](=O)[O-])cc1C(N)=O)C1CCNC1. The molecule has 1 amide bonds. The molecule has 1 heterocycles. The van der Waals surface area contributed by atoms with E-state index >= 15 is 0 Å². The molecule has 0 spiro atoms. The van der Waals surface area contributed by atoms with Gasteiger partial charge in [-0.15, -0.1) is 0 Å². The van der Waals surface area contributed by atoms with Crippen molar-refractivity contribution in [3.05, 3.63) is 33.9 Å². The number of amides is 1. The van der Waals surface area contributed by atoms with Crippen molar-refractivity contribution in [3.63, 3.8) is 0 Å². The molecule has 7 nitrogen and oxygen atoms in total. The number of nitro groups is 1. The Kier molecular flexibility index (Phi) is 4.74. The number of carbonyl (C=O) groups excluding carboxylic acids is 1. The van der Waals surface area contributed by atoms with Crippen LogP contribution in [0.15, 0.2) is 18.2 Å². The van der Waals surface area contributed by atoms with Crippen molar-refractivity contribution in [2.24, 2.45) is 5.73 Å². The number of anilines is 1. The fraction of sp³-hybridized carbons (Fsp3) is 0.500. The fourth-order valence-electron chi connectivity index (χ4n) is 2.73. The number of hydrogen-bond donors (Lipinski definition) is 2.